The average molecular weight is 292 g/mol. The molecular weight excluding hydrogens is 277 g/mol. The standard InChI is InChI=1S/C12H15F3N2OS/c1-7(2)10(11(18)17-16)19-9-5-3-4-8(6-9)12(13,14)15/h3-7,10H,16H2,1-2H3,(H,17,18). The van der Waals surface area contributed by atoms with Crippen molar-refractivity contribution < 1.29 is 18.0 Å². The molecule has 0 bridgehead atoms. The average Bonchev–Trinajstić information content (AvgIpc) is 2.34. The Morgan fingerprint density at radius 1 is 1.37 bits per heavy atom. The van der Waals surface area contributed by atoms with E-state index in [0.29, 0.717) is 4.90 Å². The molecule has 0 aliphatic heterocycles. The van der Waals surface area contributed by atoms with Crippen LogP contribution in [0.2, 0.25) is 0 Å². The highest BCUT2D eigenvalue weighted by atomic mass is 32.2. The Labute approximate surface area is 113 Å². The van der Waals surface area contributed by atoms with Gasteiger partial charge >= 0.3 is 6.18 Å². The summed E-state index contributed by atoms with van der Waals surface area (Å²) >= 11 is 1.07. The van der Waals surface area contributed by atoms with Crippen molar-refractivity contribution in [3.63, 3.8) is 0 Å². The van der Waals surface area contributed by atoms with Crippen molar-refractivity contribution in [2.24, 2.45) is 11.8 Å². The van der Waals surface area contributed by atoms with Gasteiger partial charge < -0.3 is 0 Å². The van der Waals surface area contributed by atoms with E-state index in [9.17, 15) is 18.0 Å². The van der Waals surface area contributed by atoms with Crippen LogP contribution in [0.5, 0.6) is 0 Å². The number of carbonyl (C=O) groups is 1. The van der Waals surface area contributed by atoms with Gasteiger partial charge in [-0.05, 0) is 24.1 Å². The zero-order chi connectivity index (χ0) is 14.6. The van der Waals surface area contributed by atoms with Crippen LogP contribution in [0.15, 0.2) is 29.2 Å². The quantitative estimate of drug-likeness (QED) is 0.388. The Morgan fingerprint density at radius 2 is 2.00 bits per heavy atom. The normalized spacial score (nSPS) is 13.4. The molecule has 0 aliphatic carbocycles. The van der Waals surface area contributed by atoms with Crippen molar-refractivity contribution in [1.82, 2.24) is 5.43 Å². The number of benzene rings is 1. The molecule has 1 aromatic carbocycles. The molecule has 3 N–H and O–H groups in total. The number of nitrogens with one attached hydrogen (secondary N) is 1. The molecule has 0 aliphatic rings. The molecule has 1 rings (SSSR count). The van der Waals surface area contributed by atoms with Crippen molar-refractivity contribution in [3.8, 4) is 0 Å². The van der Waals surface area contributed by atoms with Gasteiger partial charge in [0.15, 0.2) is 0 Å². The van der Waals surface area contributed by atoms with Crippen LogP contribution in [0, 0.1) is 5.92 Å². The first-order chi connectivity index (χ1) is 8.75. The van der Waals surface area contributed by atoms with Gasteiger partial charge in [0.25, 0.3) is 0 Å². The number of amides is 1. The highest BCUT2D eigenvalue weighted by Gasteiger charge is 2.31. The molecule has 1 atom stereocenters. The summed E-state index contributed by atoms with van der Waals surface area (Å²) in [4.78, 5) is 11.9. The Morgan fingerprint density at radius 3 is 2.47 bits per heavy atom. The molecule has 3 nitrogen and oxygen atoms in total. The maximum Gasteiger partial charge on any atom is 0.416 e. The molecule has 106 valence electrons. The van der Waals surface area contributed by atoms with Gasteiger partial charge in [-0.1, -0.05) is 19.9 Å². The fourth-order valence-electron chi connectivity index (χ4n) is 1.47. The van der Waals surface area contributed by atoms with E-state index in [0.717, 1.165) is 23.9 Å². The fraction of sp³-hybridized carbons (Fsp3) is 0.417. The molecule has 1 amide bonds. The number of nitrogens with two attached hydrogens (primary N) is 1. The monoisotopic (exact) mass is 292 g/mol. The zero-order valence-corrected chi connectivity index (χ0v) is 11.3. The molecule has 19 heavy (non-hydrogen) atoms. The van der Waals surface area contributed by atoms with Crippen LogP contribution in [-0.4, -0.2) is 11.2 Å². The predicted octanol–water partition coefficient (Wildman–Crippen LogP) is 2.81. The van der Waals surface area contributed by atoms with Crippen molar-refractivity contribution in [3.05, 3.63) is 29.8 Å². The van der Waals surface area contributed by atoms with Crippen molar-refractivity contribution in [1.29, 1.82) is 0 Å². The number of hydrogen-bond donors (Lipinski definition) is 2. The maximum atomic E-state index is 12.6. The van der Waals surface area contributed by atoms with Crippen molar-refractivity contribution >= 4 is 17.7 Å². The second-order valence-corrected chi connectivity index (χ2v) is 5.53. The Kier molecular flexibility index (Phi) is 5.25. The van der Waals surface area contributed by atoms with Gasteiger partial charge in [0.1, 0.15) is 0 Å². The fourth-order valence-corrected chi connectivity index (χ4v) is 2.56. The van der Waals surface area contributed by atoms with Crippen LogP contribution in [-0.2, 0) is 11.0 Å². The van der Waals surface area contributed by atoms with Crippen LogP contribution in [0.25, 0.3) is 0 Å². The van der Waals surface area contributed by atoms with E-state index < -0.39 is 22.9 Å². The van der Waals surface area contributed by atoms with Crippen LogP contribution in [0.3, 0.4) is 0 Å². The largest absolute Gasteiger partial charge is 0.416 e. The number of alkyl halides is 3. The van der Waals surface area contributed by atoms with Gasteiger partial charge in [-0.3, -0.25) is 10.2 Å². The minimum absolute atomic E-state index is 0.0527. The van der Waals surface area contributed by atoms with E-state index >= 15 is 0 Å². The molecule has 0 heterocycles. The first kappa shape index (κ1) is 15.8. The molecule has 1 unspecified atom stereocenters. The van der Waals surface area contributed by atoms with Gasteiger partial charge in [-0.25, -0.2) is 5.84 Å². The summed E-state index contributed by atoms with van der Waals surface area (Å²) in [6, 6.07) is 4.89. The summed E-state index contributed by atoms with van der Waals surface area (Å²) in [6.45, 7) is 3.61. The molecule has 0 saturated heterocycles. The van der Waals surface area contributed by atoms with Gasteiger partial charge in [0, 0.05) is 4.90 Å². The van der Waals surface area contributed by atoms with E-state index in [1.54, 1.807) is 19.9 Å². The number of carbonyl (C=O) groups excluding carboxylic acids is 1. The zero-order valence-electron chi connectivity index (χ0n) is 10.5. The number of halogens is 3. The number of hydrazine groups is 1. The number of rotatable bonds is 4. The second kappa shape index (κ2) is 6.29. The third-order valence-electron chi connectivity index (χ3n) is 2.43. The van der Waals surface area contributed by atoms with E-state index in [1.807, 2.05) is 5.43 Å². The molecule has 0 spiro atoms. The molecule has 0 radical (unpaired) electrons. The minimum Gasteiger partial charge on any atom is -0.293 e. The van der Waals surface area contributed by atoms with E-state index in [4.69, 9.17) is 5.84 Å². The van der Waals surface area contributed by atoms with E-state index in [2.05, 4.69) is 0 Å². The third-order valence-corrected chi connectivity index (χ3v) is 3.97. The Balaban J connectivity index is 2.95. The van der Waals surface area contributed by atoms with Crippen LogP contribution >= 0.6 is 11.8 Å². The first-order valence-corrected chi connectivity index (χ1v) is 6.48. The number of hydrogen-bond acceptors (Lipinski definition) is 3. The Hall–Kier alpha value is -1.21. The lowest BCUT2D eigenvalue weighted by atomic mass is 10.1. The molecule has 7 heteroatoms. The van der Waals surface area contributed by atoms with Crippen molar-refractivity contribution in [2.75, 3.05) is 0 Å². The molecule has 0 aromatic heterocycles. The lowest BCUT2D eigenvalue weighted by Crippen LogP contribution is -2.39. The van der Waals surface area contributed by atoms with Gasteiger partial charge in [-0.15, -0.1) is 11.8 Å². The summed E-state index contributed by atoms with van der Waals surface area (Å²) in [6.07, 6.45) is -4.39. The second-order valence-electron chi connectivity index (χ2n) is 4.32. The van der Waals surface area contributed by atoms with E-state index in [1.165, 1.54) is 6.07 Å². The summed E-state index contributed by atoms with van der Waals surface area (Å²) < 4.78 is 37.7. The maximum absolute atomic E-state index is 12.6. The highest BCUT2D eigenvalue weighted by Crippen LogP contribution is 2.34. The van der Waals surface area contributed by atoms with E-state index in [-0.39, 0.29) is 5.92 Å². The predicted molar refractivity (Wildman–Crippen MR) is 68.3 cm³/mol. The van der Waals surface area contributed by atoms with Gasteiger partial charge in [0.2, 0.25) is 5.91 Å². The van der Waals surface area contributed by atoms with Crippen LogP contribution in [0.4, 0.5) is 13.2 Å². The van der Waals surface area contributed by atoms with Crippen molar-refractivity contribution in [2.45, 2.75) is 30.2 Å². The highest BCUT2D eigenvalue weighted by molar-refractivity contribution is 8.00. The molecular formula is C12H15F3N2OS. The smallest absolute Gasteiger partial charge is 0.293 e. The SMILES string of the molecule is CC(C)C(Sc1cccc(C(F)(F)F)c1)C(=O)NN. The summed E-state index contributed by atoms with van der Waals surface area (Å²) in [5.74, 6) is 4.61. The van der Waals surface area contributed by atoms with Crippen LogP contribution in [0.1, 0.15) is 19.4 Å². The topological polar surface area (TPSA) is 55.1 Å². The van der Waals surface area contributed by atoms with Crippen LogP contribution < -0.4 is 11.3 Å². The van der Waals surface area contributed by atoms with Gasteiger partial charge in [0.05, 0.1) is 10.8 Å². The molecule has 1 aromatic rings. The number of thioether (sulfide) groups is 1. The summed E-state index contributed by atoms with van der Waals surface area (Å²) in [7, 11) is 0. The lowest BCUT2D eigenvalue weighted by molar-refractivity contribution is -0.137. The lowest BCUT2D eigenvalue weighted by Gasteiger charge is -2.19. The Bertz CT molecular complexity index is 449. The molecule has 0 saturated carbocycles. The first-order valence-electron chi connectivity index (χ1n) is 5.60. The summed E-state index contributed by atoms with van der Waals surface area (Å²) in [5.41, 5.74) is 1.30. The minimum atomic E-state index is -4.39. The summed E-state index contributed by atoms with van der Waals surface area (Å²) in [5, 5.41) is -0.534. The molecule has 0 fully saturated rings. The third kappa shape index (κ3) is 4.43. The van der Waals surface area contributed by atoms with Gasteiger partial charge in [-0.2, -0.15) is 13.2 Å².